The van der Waals surface area contributed by atoms with Crippen molar-refractivity contribution in [2.24, 2.45) is 0 Å². The van der Waals surface area contributed by atoms with E-state index >= 15 is 0 Å². The van der Waals surface area contributed by atoms with Gasteiger partial charge in [0.2, 0.25) is 11.1 Å². The molecule has 0 aliphatic rings. The fraction of sp³-hybridized carbons (Fsp3) is 0.471. The molecule has 0 radical (unpaired) electrons. The van der Waals surface area contributed by atoms with Gasteiger partial charge in [-0.1, -0.05) is 56.8 Å². The van der Waals surface area contributed by atoms with Gasteiger partial charge >= 0.3 is 0 Å². The molecule has 1 aromatic carbocycles. The highest BCUT2D eigenvalue weighted by atomic mass is 32.2. The molecule has 2 aromatic rings. The van der Waals surface area contributed by atoms with Crippen molar-refractivity contribution in [3.05, 3.63) is 29.8 Å². The number of hydrogen-bond acceptors (Lipinski definition) is 5. The number of hydrogen-bond donors (Lipinski definition) is 1. The Bertz CT molecular complexity index is 716. The van der Waals surface area contributed by atoms with E-state index in [0.29, 0.717) is 11.0 Å². The zero-order valence-corrected chi connectivity index (χ0v) is 15.9. The summed E-state index contributed by atoms with van der Waals surface area (Å²) in [5.41, 5.74) is 2.24. The molecule has 1 aromatic heterocycles. The highest BCUT2D eigenvalue weighted by Crippen LogP contribution is 2.27. The molecule has 0 fully saturated rings. The average Bonchev–Trinajstić information content (AvgIpc) is 2.86. The minimum absolute atomic E-state index is 0.0130. The standard InChI is InChI=1S/C17H25N5OS/c1-11(15(23)21(5)6)24-16-20-19-14(22(16)18)12-7-9-13(10-8-12)17(2,3)4/h7-11H,18H2,1-6H3/t11-/m1/s1. The monoisotopic (exact) mass is 347 g/mol. The molecule has 1 heterocycles. The zero-order valence-electron chi connectivity index (χ0n) is 15.1. The van der Waals surface area contributed by atoms with Crippen LogP contribution < -0.4 is 5.84 Å². The summed E-state index contributed by atoms with van der Waals surface area (Å²) in [5.74, 6) is 6.73. The quantitative estimate of drug-likeness (QED) is 0.679. The molecule has 0 saturated heterocycles. The first kappa shape index (κ1) is 18.3. The summed E-state index contributed by atoms with van der Waals surface area (Å²) in [6.07, 6.45) is 0. The second-order valence-electron chi connectivity index (χ2n) is 7.00. The van der Waals surface area contributed by atoms with E-state index in [0.717, 1.165) is 5.56 Å². The number of carbonyl (C=O) groups excluding carboxylic acids is 1. The number of nitrogens with zero attached hydrogens (tertiary/aromatic N) is 4. The van der Waals surface area contributed by atoms with Crippen molar-refractivity contribution in [3.63, 3.8) is 0 Å². The number of benzene rings is 1. The summed E-state index contributed by atoms with van der Waals surface area (Å²) in [6.45, 7) is 8.35. The molecule has 7 heteroatoms. The van der Waals surface area contributed by atoms with Crippen molar-refractivity contribution in [2.45, 2.75) is 43.5 Å². The Balaban J connectivity index is 2.22. The van der Waals surface area contributed by atoms with Gasteiger partial charge in [-0.05, 0) is 17.9 Å². The summed E-state index contributed by atoms with van der Waals surface area (Å²) in [6, 6.07) is 8.15. The molecule has 1 amide bonds. The van der Waals surface area contributed by atoms with Gasteiger partial charge in [-0.15, -0.1) is 10.2 Å². The van der Waals surface area contributed by atoms with E-state index < -0.39 is 0 Å². The lowest BCUT2D eigenvalue weighted by Crippen LogP contribution is -2.30. The van der Waals surface area contributed by atoms with Crippen molar-refractivity contribution in [2.75, 3.05) is 19.9 Å². The Morgan fingerprint density at radius 3 is 2.29 bits per heavy atom. The largest absolute Gasteiger partial charge is 0.348 e. The van der Waals surface area contributed by atoms with Gasteiger partial charge in [-0.2, -0.15) is 0 Å². The molecule has 24 heavy (non-hydrogen) atoms. The SMILES string of the molecule is C[C@@H](Sc1nnc(-c2ccc(C(C)(C)C)cc2)n1N)C(=O)N(C)C. The first-order chi connectivity index (χ1) is 11.1. The van der Waals surface area contributed by atoms with E-state index in [-0.39, 0.29) is 16.6 Å². The molecule has 0 saturated carbocycles. The minimum Gasteiger partial charge on any atom is -0.348 e. The number of nitrogens with two attached hydrogens (primary N) is 1. The van der Waals surface area contributed by atoms with Crippen molar-refractivity contribution in [1.29, 1.82) is 0 Å². The van der Waals surface area contributed by atoms with Crippen LogP contribution in [-0.4, -0.2) is 45.0 Å². The Hall–Kier alpha value is -2.02. The van der Waals surface area contributed by atoms with Crippen LogP contribution in [0.2, 0.25) is 0 Å². The van der Waals surface area contributed by atoms with Crippen molar-refractivity contribution in [3.8, 4) is 11.4 Å². The molecular weight excluding hydrogens is 322 g/mol. The van der Waals surface area contributed by atoms with E-state index in [1.54, 1.807) is 19.0 Å². The van der Waals surface area contributed by atoms with Crippen molar-refractivity contribution >= 4 is 17.7 Å². The van der Waals surface area contributed by atoms with Gasteiger partial charge in [0, 0.05) is 19.7 Å². The van der Waals surface area contributed by atoms with E-state index in [1.807, 2.05) is 19.1 Å². The molecule has 2 N–H and O–H groups in total. The van der Waals surface area contributed by atoms with Crippen LogP contribution in [-0.2, 0) is 10.2 Å². The van der Waals surface area contributed by atoms with Crippen LogP contribution in [0.5, 0.6) is 0 Å². The highest BCUT2D eigenvalue weighted by Gasteiger charge is 2.21. The Morgan fingerprint density at radius 2 is 1.79 bits per heavy atom. The van der Waals surface area contributed by atoms with Gasteiger partial charge in [0.25, 0.3) is 0 Å². The van der Waals surface area contributed by atoms with E-state index in [1.165, 1.54) is 22.0 Å². The van der Waals surface area contributed by atoms with Gasteiger partial charge in [0.15, 0.2) is 5.82 Å². The molecule has 130 valence electrons. The number of aromatic nitrogens is 3. The fourth-order valence-electron chi connectivity index (χ4n) is 2.25. The summed E-state index contributed by atoms with van der Waals surface area (Å²) >= 11 is 1.30. The predicted molar refractivity (Wildman–Crippen MR) is 98.3 cm³/mol. The third kappa shape index (κ3) is 3.90. The summed E-state index contributed by atoms with van der Waals surface area (Å²) in [7, 11) is 3.46. The van der Waals surface area contributed by atoms with Crippen LogP contribution in [0.1, 0.15) is 33.3 Å². The topological polar surface area (TPSA) is 77.0 Å². The van der Waals surface area contributed by atoms with Crippen molar-refractivity contribution < 1.29 is 4.79 Å². The van der Waals surface area contributed by atoms with Crippen LogP contribution in [0.15, 0.2) is 29.4 Å². The molecule has 0 spiro atoms. The number of nitrogen functional groups attached to an aromatic ring is 1. The average molecular weight is 347 g/mol. The number of carbonyl (C=O) groups is 1. The minimum atomic E-state index is -0.275. The van der Waals surface area contributed by atoms with Crippen LogP contribution in [0, 0.1) is 0 Å². The van der Waals surface area contributed by atoms with E-state index in [4.69, 9.17) is 5.84 Å². The molecule has 0 bridgehead atoms. The third-order valence-electron chi connectivity index (χ3n) is 3.74. The van der Waals surface area contributed by atoms with Crippen LogP contribution in [0.4, 0.5) is 0 Å². The van der Waals surface area contributed by atoms with Gasteiger partial charge in [0.05, 0.1) is 5.25 Å². The summed E-state index contributed by atoms with van der Waals surface area (Å²) < 4.78 is 1.44. The lowest BCUT2D eigenvalue weighted by molar-refractivity contribution is -0.127. The highest BCUT2D eigenvalue weighted by molar-refractivity contribution is 8.00. The maximum absolute atomic E-state index is 12.0. The second kappa shape index (κ2) is 6.84. The van der Waals surface area contributed by atoms with Gasteiger partial charge in [0.1, 0.15) is 0 Å². The Kier molecular flexibility index (Phi) is 5.22. The molecule has 0 aliphatic heterocycles. The molecule has 0 aliphatic carbocycles. The number of thioether (sulfide) groups is 1. The van der Waals surface area contributed by atoms with E-state index in [2.05, 4.69) is 43.1 Å². The summed E-state index contributed by atoms with van der Waals surface area (Å²) in [5, 5.41) is 8.55. The Labute approximate surface area is 147 Å². The molecule has 6 nitrogen and oxygen atoms in total. The molecule has 1 atom stereocenters. The van der Waals surface area contributed by atoms with Gasteiger partial charge in [-0.25, -0.2) is 4.68 Å². The first-order valence-corrected chi connectivity index (χ1v) is 8.68. The molecule has 2 rings (SSSR count). The van der Waals surface area contributed by atoms with E-state index in [9.17, 15) is 4.79 Å². The number of rotatable bonds is 4. The van der Waals surface area contributed by atoms with Gasteiger partial charge < -0.3 is 10.7 Å². The predicted octanol–water partition coefficient (Wildman–Crippen LogP) is 2.53. The zero-order chi connectivity index (χ0) is 18.1. The van der Waals surface area contributed by atoms with Crippen LogP contribution >= 0.6 is 11.8 Å². The first-order valence-electron chi connectivity index (χ1n) is 7.80. The number of amides is 1. The van der Waals surface area contributed by atoms with Gasteiger partial charge in [-0.3, -0.25) is 4.79 Å². The lowest BCUT2D eigenvalue weighted by atomic mass is 9.87. The maximum atomic E-state index is 12.0. The smallest absolute Gasteiger partial charge is 0.235 e. The second-order valence-corrected chi connectivity index (χ2v) is 8.30. The van der Waals surface area contributed by atoms with Crippen molar-refractivity contribution in [1.82, 2.24) is 19.8 Å². The molecule has 0 unspecified atom stereocenters. The Morgan fingerprint density at radius 1 is 1.21 bits per heavy atom. The fourth-order valence-corrected chi connectivity index (χ4v) is 3.16. The normalized spacial score (nSPS) is 12.9. The maximum Gasteiger partial charge on any atom is 0.235 e. The summed E-state index contributed by atoms with van der Waals surface area (Å²) in [4.78, 5) is 13.5. The third-order valence-corrected chi connectivity index (χ3v) is 4.79. The van der Waals surface area contributed by atoms with Crippen LogP contribution in [0.25, 0.3) is 11.4 Å². The lowest BCUT2D eigenvalue weighted by Gasteiger charge is -2.19. The van der Waals surface area contributed by atoms with Crippen LogP contribution in [0.3, 0.4) is 0 Å². The molecular formula is C17H25N5OS.